The van der Waals surface area contributed by atoms with Crippen LogP contribution in [0.4, 0.5) is 0 Å². The molecule has 1 aromatic heterocycles. The van der Waals surface area contributed by atoms with Gasteiger partial charge in [-0.05, 0) is 30.3 Å². The van der Waals surface area contributed by atoms with Gasteiger partial charge in [0, 0.05) is 16.1 Å². The zero-order chi connectivity index (χ0) is 18.8. The van der Waals surface area contributed by atoms with E-state index in [4.69, 9.17) is 39.9 Å². The highest BCUT2D eigenvalue weighted by Crippen LogP contribution is 2.26. The third kappa shape index (κ3) is 3.44. The minimum Gasteiger partial charge on any atom is -0.475 e. The van der Waals surface area contributed by atoms with Crippen molar-refractivity contribution in [2.24, 2.45) is 0 Å². The molecule has 132 valence electrons. The molecule has 0 amide bonds. The highest BCUT2D eigenvalue weighted by Gasteiger charge is 2.22. The average Bonchev–Trinajstić information content (AvgIpc) is 3.06. The zero-order valence-electron chi connectivity index (χ0n) is 13.0. The van der Waals surface area contributed by atoms with Gasteiger partial charge in [0.15, 0.2) is 5.78 Å². The summed E-state index contributed by atoms with van der Waals surface area (Å²) in [5, 5.41) is 13.7. The summed E-state index contributed by atoms with van der Waals surface area (Å²) >= 11 is 18.0. The first-order valence-electron chi connectivity index (χ1n) is 7.26. The van der Waals surface area contributed by atoms with E-state index in [0.717, 1.165) is 0 Å². The van der Waals surface area contributed by atoms with Crippen LogP contribution in [0.1, 0.15) is 32.4 Å². The number of rotatable bonds is 5. The maximum atomic E-state index is 13.0. The Labute approximate surface area is 162 Å². The lowest BCUT2D eigenvalue weighted by Crippen LogP contribution is -2.11. The zero-order valence-corrected chi connectivity index (χ0v) is 15.3. The molecule has 1 N–H and O–H groups in total. The molecular weight excluding hydrogens is 401 g/mol. The van der Waals surface area contributed by atoms with Crippen LogP contribution in [0.5, 0.6) is 0 Å². The van der Waals surface area contributed by atoms with E-state index in [9.17, 15) is 9.59 Å². The van der Waals surface area contributed by atoms with E-state index >= 15 is 0 Å². The van der Waals surface area contributed by atoms with Crippen LogP contribution in [-0.2, 0) is 5.88 Å². The predicted octanol–water partition coefficient (Wildman–Crippen LogP) is 4.24. The van der Waals surface area contributed by atoms with Gasteiger partial charge in [-0.15, -0.1) is 16.7 Å². The maximum absolute atomic E-state index is 13.0. The number of carbonyl (C=O) groups excluding carboxylic acids is 1. The lowest BCUT2D eigenvalue weighted by atomic mass is 10.0. The second-order valence-electron chi connectivity index (χ2n) is 5.17. The number of ketones is 1. The quantitative estimate of drug-likeness (QED) is 0.502. The van der Waals surface area contributed by atoms with Crippen LogP contribution in [-0.4, -0.2) is 31.6 Å². The van der Waals surface area contributed by atoms with Crippen molar-refractivity contribution in [1.29, 1.82) is 0 Å². The molecule has 0 unspecified atom stereocenters. The first-order chi connectivity index (χ1) is 12.4. The minimum absolute atomic E-state index is 0.0946. The van der Waals surface area contributed by atoms with E-state index in [1.165, 1.54) is 10.7 Å². The Morgan fingerprint density at radius 3 is 2.46 bits per heavy atom. The Balaban J connectivity index is 2.21. The molecule has 0 aliphatic carbocycles. The van der Waals surface area contributed by atoms with Crippen molar-refractivity contribution in [1.82, 2.24) is 14.8 Å². The molecule has 3 aromatic rings. The van der Waals surface area contributed by atoms with Gasteiger partial charge in [-0.2, -0.15) is 0 Å². The second kappa shape index (κ2) is 7.45. The summed E-state index contributed by atoms with van der Waals surface area (Å²) in [7, 11) is 0. The summed E-state index contributed by atoms with van der Waals surface area (Å²) in [5.74, 6) is -2.03. The number of hydrogen-bond donors (Lipinski definition) is 1. The highest BCUT2D eigenvalue weighted by atomic mass is 35.5. The van der Waals surface area contributed by atoms with Crippen molar-refractivity contribution in [2.45, 2.75) is 5.88 Å². The summed E-state index contributed by atoms with van der Waals surface area (Å²) in [5.41, 5.74) is 0.775. The van der Waals surface area contributed by atoms with Crippen molar-refractivity contribution in [3.8, 4) is 5.69 Å². The number of aromatic nitrogens is 3. The number of aromatic carboxylic acids is 1. The molecule has 0 aliphatic heterocycles. The van der Waals surface area contributed by atoms with E-state index in [2.05, 4.69) is 10.1 Å². The van der Waals surface area contributed by atoms with Gasteiger partial charge in [0.25, 0.3) is 5.82 Å². The van der Waals surface area contributed by atoms with Crippen molar-refractivity contribution in [3.05, 3.63) is 75.3 Å². The molecule has 0 radical (unpaired) electrons. The average molecular weight is 411 g/mol. The molecule has 9 heteroatoms. The Kier molecular flexibility index (Phi) is 5.27. The van der Waals surface area contributed by atoms with Crippen molar-refractivity contribution >= 4 is 46.6 Å². The summed E-state index contributed by atoms with van der Waals surface area (Å²) in [4.78, 5) is 28.0. The molecule has 2 aromatic carbocycles. The molecule has 0 saturated carbocycles. The van der Waals surface area contributed by atoms with Gasteiger partial charge in [-0.25, -0.2) is 14.5 Å². The fraction of sp³-hybridized carbons (Fsp3) is 0.0588. The molecule has 0 bridgehead atoms. The van der Waals surface area contributed by atoms with Crippen molar-refractivity contribution < 1.29 is 14.7 Å². The molecule has 0 saturated heterocycles. The topological polar surface area (TPSA) is 85.1 Å². The Morgan fingerprint density at radius 2 is 1.81 bits per heavy atom. The number of carboxylic acids is 1. The number of carbonyl (C=O) groups is 2. The largest absolute Gasteiger partial charge is 0.475 e. The lowest BCUT2D eigenvalue weighted by molar-refractivity contribution is 0.0683. The van der Waals surface area contributed by atoms with Gasteiger partial charge >= 0.3 is 5.97 Å². The van der Waals surface area contributed by atoms with E-state index in [0.29, 0.717) is 10.7 Å². The summed E-state index contributed by atoms with van der Waals surface area (Å²) in [6.45, 7) is 0. The lowest BCUT2D eigenvalue weighted by Gasteiger charge is -2.11. The summed E-state index contributed by atoms with van der Waals surface area (Å²) in [6.07, 6.45) is 0. The van der Waals surface area contributed by atoms with Crippen molar-refractivity contribution in [3.63, 3.8) is 0 Å². The molecule has 0 fully saturated rings. The predicted molar refractivity (Wildman–Crippen MR) is 97.8 cm³/mol. The van der Waals surface area contributed by atoms with Gasteiger partial charge < -0.3 is 5.11 Å². The number of hydrogen-bond acceptors (Lipinski definition) is 4. The van der Waals surface area contributed by atoms with Gasteiger partial charge in [-0.3, -0.25) is 4.79 Å². The van der Waals surface area contributed by atoms with Crippen LogP contribution < -0.4 is 0 Å². The maximum Gasteiger partial charge on any atom is 0.375 e. The smallest absolute Gasteiger partial charge is 0.375 e. The first kappa shape index (κ1) is 18.4. The molecule has 0 atom stereocenters. The van der Waals surface area contributed by atoms with Crippen LogP contribution in [0.25, 0.3) is 5.69 Å². The van der Waals surface area contributed by atoms with E-state index in [-0.39, 0.29) is 33.6 Å². The number of carboxylic acid groups (broad SMARTS) is 1. The van der Waals surface area contributed by atoms with E-state index in [1.54, 1.807) is 36.4 Å². The number of alkyl halides is 1. The number of halogens is 3. The summed E-state index contributed by atoms with van der Waals surface area (Å²) in [6, 6.07) is 11.1. The van der Waals surface area contributed by atoms with Gasteiger partial charge in [0.2, 0.25) is 0 Å². The monoisotopic (exact) mass is 409 g/mol. The third-order valence-electron chi connectivity index (χ3n) is 3.53. The van der Waals surface area contributed by atoms with Gasteiger partial charge in [0.05, 0.1) is 16.6 Å². The molecular formula is C17H10Cl3N3O3. The van der Waals surface area contributed by atoms with E-state index in [1.807, 2.05) is 0 Å². The molecule has 3 rings (SSSR count). The van der Waals surface area contributed by atoms with Crippen LogP contribution >= 0.6 is 34.8 Å². The standard InChI is InChI=1S/C17H10Cl3N3O3/c18-8-14-21-16(17(25)26)22-23(14)13-6-5-9(19)7-11(13)15(24)10-3-1-2-4-12(10)20/h1-7H,8H2,(H,25,26). The van der Waals surface area contributed by atoms with Crippen LogP contribution in [0.15, 0.2) is 42.5 Å². The van der Waals surface area contributed by atoms with Gasteiger partial charge in [0.1, 0.15) is 5.82 Å². The fourth-order valence-corrected chi connectivity index (χ4v) is 2.95. The first-order valence-corrected chi connectivity index (χ1v) is 8.55. The molecule has 1 heterocycles. The van der Waals surface area contributed by atoms with Gasteiger partial charge in [-0.1, -0.05) is 35.3 Å². The Hall–Kier alpha value is -2.41. The molecule has 6 nitrogen and oxygen atoms in total. The Bertz CT molecular complexity index is 1020. The number of nitrogens with zero attached hydrogens (tertiary/aromatic N) is 3. The van der Waals surface area contributed by atoms with Crippen LogP contribution in [0, 0.1) is 0 Å². The van der Waals surface area contributed by atoms with Crippen LogP contribution in [0.2, 0.25) is 10.0 Å². The Morgan fingerprint density at radius 1 is 1.08 bits per heavy atom. The number of benzene rings is 2. The second-order valence-corrected chi connectivity index (χ2v) is 6.28. The molecule has 0 spiro atoms. The summed E-state index contributed by atoms with van der Waals surface area (Å²) < 4.78 is 1.22. The molecule has 0 aliphatic rings. The molecule has 26 heavy (non-hydrogen) atoms. The van der Waals surface area contributed by atoms with Crippen LogP contribution in [0.3, 0.4) is 0 Å². The van der Waals surface area contributed by atoms with Crippen molar-refractivity contribution in [2.75, 3.05) is 0 Å². The highest BCUT2D eigenvalue weighted by molar-refractivity contribution is 6.35. The van der Waals surface area contributed by atoms with E-state index < -0.39 is 11.8 Å². The SMILES string of the molecule is O=C(O)c1nc(CCl)n(-c2ccc(Cl)cc2C(=O)c2ccccc2Cl)n1. The third-order valence-corrected chi connectivity index (χ3v) is 4.34. The fourth-order valence-electron chi connectivity index (χ4n) is 2.38. The normalized spacial score (nSPS) is 10.7. The minimum atomic E-state index is -1.30.